The van der Waals surface area contributed by atoms with Crippen molar-refractivity contribution in [2.45, 2.75) is 50.8 Å². The van der Waals surface area contributed by atoms with Crippen molar-refractivity contribution >= 4 is 27.5 Å². The Labute approximate surface area is 195 Å². The summed E-state index contributed by atoms with van der Waals surface area (Å²) < 4.78 is 27.9. The number of H-pyrrole nitrogens is 1. The van der Waals surface area contributed by atoms with Crippen molar-refractivity contribution < 1.29 is 18.0 Å². The number of carbonyl (C=O) groups is 2. The highest BCUT2D eigenvalue weighted by Crippen LogP contribution is 2.27. The minimum atomic E-state index is -3.81. The number of nitrogens with zero attached hydrogens (tertiary/aromatic N) is 2. The van der Waals surface area contributed by atoms with Gasteiger partial charge in [0.1, 0.15) is 10.6 Å². The van der Waals surface area contributed by atoms with Gasteiger partial charge in [-0.15, -0.1) is 0 Å². The fourth-order valence-corrected chi connectivity index (χ4v) is 6.08. The van der Waals surface area contributed by atoms with Gasteiger partial charge in [-0.1, -0.05) is 12.1 Å². The molecule has 2 saturated heterocycles. The van der Waals surface area contributed by atoms with E-state index in [1.54, 1.807) is 4.90 Å². The van der Waals surface area contributed by atoms with E-state index in [1.807, 2.05) is 32.0 Å². The summed E-state index contributed by atoms with van der Waals surface area (Å²) in [6.07, 6.45) is 5.67. The maximum atomic E-state index is 13.3. The molecule has 178 valence electrons. The van der Waals surface area contributed by atoms with E-state index in [9.17, 15) is 18.0 Å². The third-order valence-electron chi connectivity index (χ3n) is 6.79. The molecular weight excluding hydrogens is 440 g/mol. The maximum absolute atomic E-state index is 13.3. The van der Waals surface area contributed by atoms with Crippen LogP contribution in [0.1, 0.15) is 53.7 Å². The highest BCUT2D eigenvalue weighted by atomic mass is 32.2. The number of anilines is 1. The molecule has 2 aliphatic heterocycles. The Morgan fingerprint density at radius 3 is 2.58 bits per heavy atom. The molecule has 33 heavy (non-hydrogen) atoms. The van der Waals surface area contributed by atoms with E-state index in [4.69, 9.17) is 0 Å². The summed E-state index contributed by atoms with van der Waals surface area (Å²) in [4.78, 5) is 30.3. The Hall–Kier alpha value is -2.65. The lowest BCUT2D eigenvalue weighted by Gasteiger charge is -2.31. The first-order valence-corrected chi connectivity index (χ1v) is 13.1. The molecule has 1 aromatic heterocycles. The molecule has 0 saturated carbocycles. The zero-order valence-electron chi connectivity index (χ0n) is 19.3. The summed E-state index contributed by atoms with van der Waals surface area (Å²) in [5.74, 6) is -0.763. The molecule has 0 radical (unpaired) electrons. The van der Waals surface area contributed by atoms with Crippen LogP contribution >= 0.6 is 0 Å². The topological polar surface area (TPSA) is 103 Å². The average molecular weight is 473 g/mol. The number of hydrogen-bond donors (Lipinski definition) is 2. The number of aryl methyl sites for hydroxylation is 1. The molecule has 1 atom stereocenters. The molecule has 0 spiro atoms. The van der Waals surface area contributed by atoms with Gasteiger partial charge < -0.3 is 15.2 Å². The quantitative estimate of drug-likeness (QED) is 0.697. The van der Waals surface area contributed by atoms with Gasteiger partial charge >= 0.3 is 0 Å². The number of aromatic nitrogens is 1. The van der Waals surface area contributed by atoms with Gasteiger partial charge in [0, 0.05) is 38.1 Å². The predicted molar refractivity (Wildman–Crippen MR) is 127 cm³/mol. The second-order valence-corrected chi connectivity index (χ2v) is 11.0. The Morgan fingerprint density at radius 2 is 1.82 bits per heavy atom. The number of amides is 2. The van der Waals surface area contributed by atoms with Crippen LogP contribution in [-0.4, -0.2) is 60.6 Å². The molecule has 2 aromatic rings. The molecule has 4 rings (SSSR count). The van der Waals surface area contributed by atoms with Crippen LogP contribution in [0, 0.1) is 19.8 Å². The van der Waals surface area contributed by atoms with Crippen molar-refractivity contribution in [2.75, 3.05) is 31.5 Å². The molecular formula is C24H32N4O4S. The molecule has 3 heterocycles. The first-order chi connectivity index (χ1) is 15.8. The number of carbonyl (C=O) groups excluding carboxylic acids is 2. The number of likely N-dealkylation sites (tertiary alicyclic amines) is 1. The van der Waals surface area contributed by atoms with Crippen molar-refractivity contribution in [1.29, 1.82) is 0 Å². The second-order valence-electron chi connectivity index (χ2n) is 9.04. The highest BCUT2D eigenvalue weighted by molar-refractivity contribution is 7.89. The lowest BCUT2D eigenvalue weighted by atomic mass is 9.98. The zero-order valence-corrected chi connectivity index (χ0v) is 20.1. The molecule has 1 aromatic carbocycles. The summed E-state index contributed by atoms with van der Waals surface area (Å²) in [6, 6.07) is 7.16. The van der Waals surface area contributed by atoms with E-state index in [2.05, 4.69) is 10.3 Å². The average Bonchev–Trinajstić information content (AvgIpc) is 3.33. The number of rotatable bonds is 5. The van der Waals surface area contributed by atoms with Crippen LogP contribution < -0.4 is 5.32 Å². The number of aromatic amines is 1. The summed E-state index contributed by atoms with van der Waals surface area (Å²) in [6.45, 7) is 5.82. The number of nitrogens with one attached hydrogen (secondary N) is 2. The van der Waals surface area contributed by atoms with Gasteiger partial charge in [0.25, 0.3) is 5.91 Å². The minimum absolute atomic E-state index is 0.0680. The highest BCUT2D eigenvalue weighted by Gasteiger charge is 2.34. The molecule has 0 aliphatic carbocycles. The van der Waals surface area contributed by atoms with E-state index >= 15 is 0 Å². The SMILES string of the molecule is Cc1cccc(NC(=O)[C@H]2CCCN(S(=O)(=O)c3c[nH]c(C(=O)N4CCCCC4)c3)C2)c1C. The zero-order chi connectivity index (χ0) is 23.6. The summed E-state index contributed by atoms with van der Waals surface area (Å²) in [7, 11) is -3.81. The van der Waals surface area contributed by atoms with Gasteiger partial charge in [-0.05, 0) is 69.2 Å². The van der Waals surface area contributed by atoms with Crippen LogP contribution in [-0.2, 0) is 14.8 Å². The largest absolute Gasteiger partial charge is 0.356 e. The number of benzene rings is 1. The third kappa shape index (κ3) is 4.99. The first-order valence-electron chi connectivity index (χ1n) is 11.6. The molecule has 0 unspecified atom stereocenters. The van der Waals surface area contributed by atoms with Crippen molar-refractivity contribution in [3.63, 3.8) is 0 Å². The molecule has 0 bridgehead atoms. The maximum Gasteiger partial charge on any atom is 0.270 e. The van der Waals surface area contributed by atoms with Crippen molar-refractivity contribution in [3.05, 3.63) is 47.3 Å². The smallest absolute Gasteiger partial charge is 0.270 e. The van der Waals surface area contributed by atoms with E-state index in [-0.39, 0.29) is 28.9 Å². The molecule has 2 N–H and O–H groups in total. The van der Waals surface area contributed by atoms with Crippen LogP contribution in [0.25, 0.3) is 0 Å². The van der Waals surface area contributed by atoms with Gasteiger partial charge in [-0.25, -0.2) is 8.42 Å². The van der Waals surface area contributed by atoms with Crippen LogP contribution in [0.15, 0.2) is 35.4 Å². The van der Waals surface area contributed by atoms with Crippen LogP contribution in [0.2, 0.25) is 0 Å². The Bertz CT molecular complexity index is 1140. The number of piperidine rings is 2. The van der Waals surface area contributed by atoms with Gasteiger partial charge in [-0.3, -0.25) is 9.59 Å². The summed E-state index contributed by atoms with van der Waals surface area (Å²) in [5, 5.41) is 2.97. The lowest BCUT2D eigenvalue weighted by molar-refractivity contribution is -0.120. The van der Waals surface area contributed by atoms with Crippen molar-refractivity contribution in [2.24, 2.45) is 5.92 Å². The van der Waals surface area contributed by atoms with E-state index in [0.29, 0.717) is 32.5 Å². The Morgan fingerprint density at radius 1 is 1.06 bits per heavy atom. The predicted octanol–water partition coefficient (Wildman–Crippen LogP) is 3.30. The molecule has 9 heteroatoms. The van der Waals surface area contributed by atoms with Gasteiger partial charge in [-0.2, -0.15) is 4.31 Å². The van der Waals surface area contributed by atoms with Gasteiger partial charge in [0.05, 0.1) is 5.92 Å². The van der Waals surface area contributed by atoms with Crippen molar-refractivity contribution in [3.8, 4) is 0 Å². The monoisotopic (exact) mass is 472 g/mol. The van der Waals surface area contributed by atoms with E-state index < -0.39 is 15.9 Å². The lowest BCUT2D eigenvalue weighted by Crippen LogP contribution is -2.43. The minimum Gasteiger partial charge on any atom is -0.356 e. The van der Waals surface area contributed by atoms with Crippen LogP contribution in [0.5, 0.6) is 0 Å². The fraction of sp³-hybridized carbons (Fsp3) is 0.500. The van der Waals surface area contributed by atoms with Crippen molar-refractivity contribution in [1.82, 2.24) is 14.2 Å². The molecule has 2 fully saturated rings. The van der Waals surface area contributed by atoms with Gasteiger partial charge in [0.15, 0.2) is 0 Å². The standard InChI is InChI=1S/C24H32N4O4S/c1-17-8-6-10-21(18(17)2)26-23(29)19-9-7-13-28(16-19)33(31,32)20-14-22(25-15-20)24(30)27-11-4-3-5-12-27/h6,8,10,14-15,19,25H,3-5,7,9,11-13,16H2,1-2H3,(H,26,29)/t19-/m0/s1. The molecule has 8 nitrogen and oxygen atoms in total. The normalized spacial score (nSPS) is 19.9. The Kier molecular flexibility index (Phi) is 6.90. The Balaban J connectivity index is 1.45. The summed E-state index contributed by atoms with van der Waals surface area (Å²) in [5.41, 5.74) is 3.13. The number of sulfonamides is 1. The fourth-order valence-electron chi connectivity index (χ4n) is 4.56. The van der Waals surface area contributed by atoms with Crippen LogP contribution in [0.3, 0.4) is 0 Å². The van der Waals surface area contributed by atoms with E-state index in [1.165, 1.54) is 16.6 Å². The summed E-state index contributed by atoms with van der Waals surface area (Å²) >= 11 is 0. The first kappa shape index (κ1) is 23.5. The molecule has 2 aliphatic rings. The van der Waals surface area contributed by atoms with Gasteiger partial charge in [0.2, 0.25) is 15.9 Å². The second kappa shape index (κ2) is 9.69. The number of hydrogen-bond acceptors (Lipinski definition) is 4. The third-order valence-corrected chi connectivity index (χ3v) is 8.63. The van der Waals surface area contributed by atoms with Crippen LogP contribution in [0.4, 0.5) is 5.69 Å². The van der Waals surface area contributed by atoms with E-state index in [0.717, 1.165) is 36.1 Å². The molecule has 2 amide bonds.